The molecule has 2 heteroatoms. The van der Waals surface area contributed by atoms with Gasteiger partial charge < -0.3 is 10.2 Å². The molecule has 7 atom stereocenters. The molecule has 2 unspecified atom stereocenters. The standard InChI is InChI=1S/C19H30O2/c1-18-7-6-16-15(17(18)10-14(21)11-18)4-3-12-9-13(20)5-8-19(12,16)2/h3,13-17,20-21H,4-11H2,1-2H3/t13?,14?,15-,16+,17+,18-,19+/m1/s1. The second kappa shape index (κ2) is 4.58. The van der Waals surface area contributed by atoms with Crippen LogP contribution in [0.1, 0.15) is 65.2 Å². The van der Waals surface area contributed by atoms with E-state index < -0.39 is 0 Å². The molecule has 0 spiro atoms. The fourth-order valence-corrected chi connectivity index (χ4v) is 6.66. The third-order valence-corrected chi connectivity index (χ3v) is 7.82. The summed E-state index contributed by atoms with van der Waals surface area (Å²) in [6.45, 7) is 4.89. The fraction of sp³-hybridized carbons (Fsp3) is 0.895. The molecule has 0 heterocycles. The van der Waals surface area contributed by atoms with Gasteiger partial charge >= 0.3 is 0 Å². The van der Waals surface area contributed by atoms with Gasteiger partial charge in [-0.05, 0) is 80.0 Å². The van der Waals surface area contributed by atoms with Gasteiger partial charge in [0.2, 0.25) is 0 Å². The third kappa shape index (κ3) is 1.98. The van der Waals surface area contributed by atoms with Crippen LogP contribution in [0.4, 0.5) is 0 Å². The Bertz CT molecular complexity index is 470. The highest BCUT2D eigenvalue weighted by Crippen LogP contribution is 2.64. The maximum Gasteiger partial charge on any atom is 0.0577 e. The topological polar surface area (TPSA) is 40.5 Å². The number of aliphatic hydroxyl groups is 2. The Morgan fingerprint density at radius 3 is 2.67 bits per heavy atom. The minimum Gasteiger partial charge on any atom is -0.393 e. The molecule has 0 aromatic carbocycles. The molecular weight excluding hydrogens is 260 g/mol. The summed E-state index contributed by atoms with van der Waals surface area (Å²) in [7, 11) is 0. The SMILES string of the molecule is C[C@]12CC[C@H]3[C@@H](CC=C4CC(O)CC[C@@]43C)[C@@H]1CC(O)C2. The van der Waals surface area contributed by atoms with Gasteiger partial charge in [-0.1, -0.05) is 25.5 Å². The molecule has 4 rings (SSSR count). The molecule has 0 aromatic heterocycles. The van der Waals surface area contributed by atoms with E-state index in [1.807, 2.05) is 0 Å². The lowest BCUT2D eigenvalue weighted by Gasteiger charge is -2.57. The molecule has 0 amide bonds. The second-order valence-electron chi connectivity index (χ2n) is 8.94. The van der Waals surface area contributed by atoms with E-state index in [1.54, 1.807) is 5.57 Å². The van der Waals surface area contributed by atoms with E-state index in [2.05, 4.69) is 19.9 Å². The first kappa shape index (κ1) is 14.3. The zero-order valence-corrected chi connectivity index (χ0v) is 13.5. The number of hydrogen-bond acceptors (Lipinski definition) is 2. The van der Waals surface area contributed by atoms with Gasteiger partial charge in [-0.25, -0.2) is 0 Å². The second-order valence-corrected chi connectivity index (χ2v) is 8.94. The number of aliphatic hydroxyl groups excluding tert-OH is 2. The van der Waals surface area contributed by atoms with Crippen molar-refractivity contribution in [3.05, 3.63) is 11.6 Å². The van der Waals surface area contributed by atoms with Crippen LogP contribution in [0.5, 0.6) is 0 Å². The fourth-order valence-electron chi connectivity index (χ4n) is 6.66. The van der Waals surface area contributed by atoms with Gasteiger partial charge in [0, 0.05) is 0 Å². The van der Waals surface area contributed by atoms with Crippen molar-refractivity contribution in [3.63, 3.8) is 0 Å². The Morgan fingerprint density at radius 2 is 1.86 bits per heavy atom. The summed E-state index contributed by atoms with van der Waals surface area (Å²) in [6.07, 6.45) is 11.2. The van der Waals surface area contributed by atoms with Crippen molar-refractivity contribution in [3.8, 4) is 0 Å². The van der Waals surface area contributed by atoms with Gasteiger partial charge in [0.1, 0.15) is 0 Å². The molecule has 0 saturated heterocycles. The summed E-state index contributed by atoms with van der Waals surface area (Å²) in [5, 5.41) is 20.2. The molecule has 3 saturated carbocycles. The minimum atomic E-state index is -0.108. The van der Waals surface area contributed by atoms with Gasteiger partial charge in [-0.3, -0.25) is 0 Å². The zero-order valence-electron chi connectivity index (χ0n) is 13.5. The Kier molecular flexibility index (Phi) is 3.11. The van der Waals surface area contributed by atoms with Crippen LogP contribution in [0, 0.1) is 28.6 Å². The van der Waals surface area contributed by atoms with Crippen LogP contribution in [0.2, 0.25) is 0 Å². The number of allylic oxidation sites excluding steroid dienone is 1. The van der Waals surface area contributed by atoms with Crippen LogP contribution in [0.3, 0.4) is 0 Å². The van der Waals surface area contributed by atoms with Crippen LogP contribution in [-0.4, -0.2) is 22.4 Å². The smallest absolute Gasteiger partial charge is 0.0577 e. The van der Waals surface area contributed by atoms with Crippen LogP contribution in [0.25, 0.3) is 0 Å². The van der Waals surface area contributed by atoms with Crippen molar-refractivity contribution < 1.29 is 10.2 Å². The van der Waals surface area contributed by atoms with Crippen molar-refractivity contribution in [1.82, 2.24) is 0 Å². The van der Waals surface area contributed by atoms with Gasteiger partial charge in [-0.2, -0.15) is 0 Å². The average molecular weight is 290 g/mol. The Morgan fingerprint density at radius 1 is 1.05 bits per heavy atom. The van der Waals surface area contributed by atoms with Crippen molar-refractivity contribution in [2.45, 2.75) is 77.4 Å². The number of hydrogen-bond donors (Lipinski definition) is 2. The number of rotatable bonds is 0. The van der Waals surface area contributed by atoms with Crippen molar-refractivity contribution in [2.24, 2.45) is 28.6 Å². The highest BCUT2D eigenvalue weighted by Gasteiger charge is 2.57. The summed E-state index contributed by atoms with van der Waals surface area (Å²) < 4.78 is 0. The zero-order chi connectivity index (χ0) is 14.8. The highest BCUT2D eigenvalue weighted by molar-refractivity contribution is 5.25. The summed E-state index contributed by atoms with van der Waals surface area (Å²) in [5.74, 6) is 2.27. The maximum atomic E-state index is 10.2. The van der Waals surface area contributed by atoms with E-state index in [0.29, 0.717) is 16.7 Å². The predicted molar refractivity (Wildman–Crippen MR) is 83.7 cm³/mol. The normalized spacial score (nSPS) is 56.2. The molecular formula is C19H30O2. The van der Waals surface area contributed by atoms with Gasteiger partial charge in [0.15, 0.2) is 0 Å². The van der Waals surface area contributed by atoms with E-state index in [-0.39, 0.29) is 12.2 Å². The Hall–Kier alpha value is -0.340. The first-order chi connectivity index (χ1) is 9.92. The van der Waals surface area contributed by atoms with E-state index >= 15 is 0 Å². The van der Waals surface area contributed by atoms with Crippen LogP contribution < -0.4 is 0 Å². The van der Waals surface area contributed by atoms with E-state index in [0.717, 1.165) is 43.9 Å². The van der Waals surface area contributed by atoms with Crippen LogP contribution in [-0.2, 0) is 0 Å². The maximum absolute atomic E-state index is 10.2. The van der Waals surface area contributed by atoms with E-state index in [1.165, 1.54) is 19.3 Å². The lowest BCUT2D eigenvalue weighted by molar-refractivity contribution is -0.0360. The van der Waals surface area contributed by atoms with E-state index in [4.69, 9.17) is 0 Å². The molecule has 21 heavy (non-hydrogen) atoms. The van der Waals surface area contributed by atoms with Crippen LogP contribution >= 0.6 is 0 Å². The molecule has 3 fully saturated rings. The molecule has 2 nitrogen and oxygen atoms in total. The highest BCUT2D eigenvalue weighted by atomic mass is 16.3. The average Bonchev–Trinajstić information content (AvgIpc) is 2.74. The summed E-state index contributed by atoms with van der Waals surface area (Å²) in [4.78, 5) is 0. The quantitative estimate of drug-likeness (QED) is 0.668. The van der Waals surface area contributed by atoms with Crippen molar-refractivity contribution >= 4 is 0 Å². The minimum absolute atomic E-state index is 0.0647. The van der Waals surface area contributed by atoms with Crippen molar-refractivity contribution in [1.29, 1.82) is 0 Å². The molecule has 0 radical (unpaired) electrons. The van der Waals surface area contributed by atoms with Crippen molar-refractivity contribution in [2.75, 3.05) is 0 Å². The summed E-state index contributed by atoms with van der Waals surface area (Å²) >= 11 is 0. The molecule has 0 bridgehead atoms. The molecule has 4 aliphatic rings. The Labute approximate surface area is 128 Å². The summed E-state index contributed by atoms with van der Waals surface area (Å²) in [5.41, 5.74) is 2.26. The molecule has 0 aromatic rings. The van der Waals surface area contributed by atoms with Gasteiger partial charge in [-0.15, -0.1) is 0 Å². The largest absolute Gasteiger partial charge is 0.393 e. The molecule has 2 N–H and O–H groups in total. The first-order valence-corrected chi connectivity index (χ1v) is 8.98. The van der Waals surface area contributed by atoms with E-state index in [9.17, 15) is 10.2 Å². The van der Waals surface area contributed by atoms with Gasteiger partial charge in [0.05, 0.1) is 12.2 Å². The molecule has 118 valence electrons. The third-order valence-electron chi connectivity index (χ3n) is 7.82. The first-order valence-electron chi connectivity index (χ1n) is 8.98. The monoisotopic (exact) mass is 290 g/mol. The lowest BCUT2D eigenvalue weighted by atomic mass is 9.48. The summed E-state index contributed by atoms with van der Waals surface area (Å²) in [6, 6.07) is 0. The predicted octanol–water partition coefficient (Wildman–Crippen LogP) is 3.67. The number of fused-ring (bicyclic) bond motifs is 5. The van der Waals surface area contributed by atoms with Gasteiger partial charge in [0.25, 0.3) is 0 Å². The molecule has 0 aliphatic heterocycles. The lowest BCUT2D eigenvalue weighted by Crippen LogP contribution is -2.49. The molecule has 4 aliphatic carbocycles. The Balaban J connectivity index is 1.67. The van der Waals surface area contributed by atoms with Crippen LogP contribution in [0.15, 0.2) is 11.6 Å².